The minimum atomic E-state index is 0.113. The molecule has 3 N–H and O–H groups in total. The van der Waals surface area contributed by atoms with Crippen molar-refractivity contribution >= 4 is 0 Å². The average molecular weight is 224 g/mol. The van der Waals surface area contributed by atoms with Crippen molar-refractivity contribution in [2.45, 2.75) is 6.04 Å². The Labute approximate surface area is 96.6 Å². The van der Waals surface area contributed by atoms with E-state index >= 15 is 0 Å². The number of hydrogen-bond acceptors (Lipinski definition) is 4. The standard InChI is InChI=1S/C12H20N2O2/c1-14(6-7-15)12(9-13)10-4-3-5-11(8-10)16-2/h3-5,8,12,15H,6-7,9,13H2,1-2H3. The van der Waals surface area contributed by atoms with Crippen molar-refractivity contribution in [3.63, 3.8) is 0 Å². The molecule has 0 fully saturated rings. The van der Waals surface area contributed by atoms with Crippen LogP contribution >= 0.6 is 0 Å². The number of hydrogen-bond donors (Lipinski definition) is 2. The number of nitrogens with two attached hydrogens (primary N) is 1. The van der Waals surface area contributed by atoms with Crippen LogP contribution in [0.5, 0.6) is 5.75 Å². The zero-order valence-corrected chi connectivity index (χ0v) is 9.89. The lowest BCUT2D eigenvalue weighted by Crippen LogP contribution is -2.32. The summed E-state index contributed by atoms with van der Waals surface area (Å²) in [6.07, 6.45) is 0. The van der Waals surface area contributed by atoms with Crippen LogP contribution in [0, 0.1) is 0 Å². The van der Waals surface area contributed by atoms with Crippen LogP contribution in [-0.4, -0.2) is 43.9 Å². The highest BCUT2D eigenvalue weighted by Crippen LogP contribution is 2.22. The third-order valence-electron chi connectivity index (χ3n) is 2.69. The fourth-order valence-corrected chi connectivity index (χ4v) is 1.73. The van der Waals surface area contributed by atoms with Crippen LogP contribution in [0.3, 0.4) is 0 Å². The largest absolute Gasteiger partial charge is 0.497 e. The lowest BCUT2D eigenvalue weighted by Gasteiger charge is -2.26. The van der Waals surface area contributed by atoms with Gasteiger partial charge in [0.05, 0.1) is 13.7 Å². The number of likely N-dealkylation sites (N-methyl/N-ethyl adjacent to an activating group) is 1. The summed E-state index contributed by atoms with van der Waals surface area (Å²) < 4.78 is 5.18. The van der Waals surface area contributed by atoms with E-state index in [1.165, 1.54) is 0 Å². The first kappa shape index (κ1) is 13.0. The van der Waals surface area contributed by atoms with E-state index in [0.717, 1.165) is 11.3 Å². The summed E-state index contributed by atoms with van der Waals surface area (Å²) in [6, 6.07) is 7.97. The highest BCUT2D eigenvalue weighted by Gasteiger charge is 2.15. The lowest BCUT2D eigenvalue weighted by atomic mass is 10.1. The van der Waals surface area contributed by atoms with E-state index in [2.05, 4.69) is 0 Å². The monoisotopic (exact) mass is 224 g/mol. The second kappa shape index (κ2) is 6.48. The molecule has 0 aromatic heterocycles. The Bertz CT molecular complexity index is 318. The van der Waals surface area contributed by atoms with Gasteiger partial charge in [-0.3, -0.25) is 4.90 Å². The van der Waals surface area contributed by atoms with E-state index in [9.17, 15) is 0 Å². The smallest absolute Gasteiger partial charge is 0.119 e. The minimum Gasteiger partial charge on any atom is -0.497 e. The molecule has 1 unspecified atom stereocenters. The van der Waals surface area contributed by atoms with Crippen molar-refractivity contribution < 1.29 is 9.84 Å². The van der Waals surface area contributed by atoms with Gasteiger partial charge in [0.2, 0.25) is 0 Å². The van der Waals surface area contributed by atoms with Crippen molar-refractivity contribution in [1.29, 1.82) is 0 Å². The van der Waals surface area contributed by atoms with Crippen molar-refractivity contribution in [2.24, 2.45) is 5.73 Å². The Balaban J connectivity index is 2.85. The van der Waals surface area contributed by atoms with Crippen LogP contribution in [0.2, 0.25) is 0 Å². The van der Waals surface area contributed by atoms with Gasteiger partial charge in [-0.05, 0) is 24.7 Å². The molecule has 0 heterocycles. The summed E-state index contributed by atoms with van der Waals surface area (Å²) in [5, 5.41) is 8.92. The highest BCUT2D eigenvalue weighted by molar-refractivity contribution is 5.30. The van der Waals surface area contributed by atoms with E-state index in [4.69, 9.17) is 15.6 Å². The van der Waals surface area contributed by atoms with Crippen LogP contribution in [-0.2, 0) is 0 Å². The maximum atomic E-state index is 8.92. The predicted molar refractivity (Wildman–Crippen MR) is 64.5 cm³/mol. The Morgan fingerprint density at radius 3 is 2.81 bits per heavy atom. The third-order valence-corrected chi connectivity index (χ3v) is 2.69. The van der Waals surface area contributed by atoms with Crippen LogP contribution in [0.15, 0.2) is 24.3 Å². The topological polar surface area (TPSA) is 58.7 Å². The molecule has 0 aliphatic heterocycles. The van der Waals surface area contributed by atoms with Gasteiger partial charge in [0.15, 0.2) is 0 Å². The van der Waals surface area contributed by atoms with E-state index < -0.39 is 0 Å². The van der Waals surface area contributed by atoms with Crippen molar-refractivity contribution in [3.8, 4) is 5.75 Å². The molecule has 1 aromatic rings. The Hall–Kier alpha value is -1.10. The van der Waals surface area contributed by atoms with E-state index in [1.807, 2.05) is 36.2 Å². The van der Waals surface area contributed by atoms with Crippen LogP contribution < -0.4 is 10.5 Å². The number of aliphatic hydroxyl groups is 1. The molecule has 1 atom stereocenters. The molecule has 90 valence electrons. The number of nitrogens with zero attached hydrogens (tertiary/aromatic N) is 1. The number of methoxy groups -OCH3 is 1. The highest BCUT2D eigenvalue weighted by atomic mass is 16.5. The van der Waals surface area contributed by atoms with Gasteiger partial charge < -0.3 is 15.6 Å². The number of aliphatic hydroxyl groups excluding tert-OH is 1. The van der Waals surface area contributed by atoms with Gasteiger partial charge in [0.25, 0.3) is 0 Å². The van der Waals surface area contributed by atoms with Crippen molar-refractivity contribution in [3.05, 3.63) is 29.8 Å². The van der Waals surface area contributed by atoms with Crippen LogP contribution in [0.4, 0.5) is 0 Å². The van der Waals surface area contributed by atoms with Crippen molar-refractivity contribution in [1.82, 2.24) is 4.90 Å². The molecule has 0 radical (unpaired) electrons. The van der Waals surface area contributed by atoms with Crippen LogP contribution in [0.25, 0.3) is 0 Å². The second-order valence-electron chi connectivity index (χ2n) is 3.73. The summed E-state index contributed by atoms with van der Waals surface area (Å²) in [6.45, 7) is 1.26. The summed E-state index contributed by atoms with van der Waals surface area (Å²) in [7, 11) is 3.60. The summed E-state index contributed by atoms with van der Waals surface area (Å²) >= 11 is 0. The van der Waals surface area contributed by atoms with Crippen LogP contribution in [0.1, 0.15) is 11.6 Å². The summed E-state index contributed by atoms with van der Waals surface area (Å²) in [4.78, 5) is 2.04. The van der Waals surface area contributed by atoms with Gasteiger partial charge >= 0.3 is 0 Å². The molecule has 0 saturated heterocycles. The molecule has 0 saturated carbocycles. The average Bonchev–Trinajstić information content (AvgIpc) is 2.31. The molecule has 16 heavy (non-hydrogen) atoms. The molecule has 0 aliphatic carbocycles. The Kier molecular flexibility index (Phi) is 5.25. The second-order valence-corrected chi connectivity index (χ2v) is 3.73. The molecule has 1 aromatic carbocycles. The van der Waals surface area contributed by atoms with Gasteiger partial charge in [-0.25, -0.2) is 0 Å². The zero-order valence-electron chi connectivity index (χ0n) is 9.89. The van der Waals surface area contributed by atoms with Crippen molar-refractivity contribution in [2.75, 3.05) is 33.9 Å². The SMILES string of the molecule is COc1cccc(C(CN)N(C)CCO)c1. The molecular formula is C12H20N2O2. The minimum absolute atomic E-state index is 0.113. The predicted octanol–water partition coefficient (Wildman–Crippen LogP) is 0.619. The normalized spacial score (nSPS) is 12.8. The van der Waals surface area contributed by atoms with Gasteiger partial charge in [-0.2, -0.15) is 0 Å². The molecule has 1 rings (SSSR count). The van der Waals surface area contributed by atoms with Gasteiger partial charge in [-0.1, -0.05) is 12.1 Å². The number of benzene rings is 1. The zero-order chi connectivity index (χ0) is 12.0. The van der Waals surface area contributed by atoms with E-state index in [0.29, 0.717) is 13.1 Å². The van der Waals surface area contributed by atoms with Gasteiger partial charge in [0, 0.05) is 19.1 Å². The fourth-order valence-electron chi connectivity index (χ4n) is 1.73. The first-order valence-electron chi connectivity index (χ1n) is 5.38. The Morgan fingerprint density at radius 2 is 2.25 bits per heavy atom. The van der Waals surface area contributed by atoms with Gasteiger partial charge in [-0.15, -0.1) is 0 Å². The molecule has 0 amide bonds. The number of rotatable bonds is 6. The maximum Gasteiger partial charge on any atom is 0.119 e. The molecule has 4 nitrogen and oxygen atoms in total. The molecular weight excluding hydrogens is 204 g/mol. The quantitative estimate of drug-likeness (QED) is 0.743. The lowest BCUT2D eigenvalue weighted by molar-refractivity contribution is 0.183. The Morgan fingerprint density at radius 1 is 1.50 bits per heavy atom. The molecule has 4 heteroatoms. The molecule has 0 spiro atoms. The maximum absolute atomic E-state index is 8.92. The molecule has 0 bridgehead atoms. The first-order chi connectivity index (χ1) is 7.72. The summed E-state index contributed by atoms with van der Waals surface area (Å²) in [5.41, 5.74) is 6.87. The van der Waals surface area contributed by atoms with E-state index in [1.54, 1.807) is 7.11 Å². The third kappa shape index (κ3) is 3.20. The van der Waals surface area contributed by atoms with E-state index in [-0.39, 0.29) is 12.6 Å². The first-order valence-corrected chi connectivity index (χ1v) is 5.38. The fraction of sp³-hybridized carbons (Fsp3) is 0.500. The molecule has 0 aliphatic rings. The number of ether oxygens (including phenoxy) is 1. The summed E-state index contributed by atoms with van der Waals surface area (Å²) in [5.74, 6) is 0.827. The van der Waals surface area contributed by atoms with Gasteiger partial charge in [0.1, 0.15) is 5.75 Å².